The van der Waals surface area contributed by atoms with Crippen LogP contribution in [-0.4, -0.2) is 9.97 Å². The van der Waals surface area contributed by atoms with Crippen molar-refractivity contribution in [2.24, 2.45) is 0 Å². The average molecular weight is 189 g/mol. The minimum Gasteiger partial charge on any atom is -0.472 e. The third-order valence-electron chi connectivity index (χ3n) is 1.95. The molecular formula is C10H11N3O. The number of aromatic nitrogens is 2. The Labute approximate surface area is 82.0 Å². The molecule has 0 radical (unpaired) electrons. The lowest BCUT2D eigenvalue weighted by Gasteiger charge is -2.10. The second kappa shape index (κ2) is 3.91. The lowest BCUT2D eigenvalue weighted by molar-refractivity contribution is 0.562. The maximum Gasteiger partial charge on any atom is 0.223 e. The predicted octanol–water partition coefficient (Wildman–Crippen LogP) is 2.24. The zero-order valence-electron chi connectivity index (χ0n) is 7.84. The van der Waals surface area contributed by atoms with Gasteiger partial charge in [0.15, 0.2) is 0 Å². The number of nitrogens with zero attached hydrogens (tertiary/aromatic N) is 2. The summed E-state index contributed by atoms with van der Waals surface area (Å²) in [5.41, 5.74) is 1.08. The molecule has 0 saturated carbocycles. The van der Waals surface area contributed by atoms with Crippen LogP contribution >= 0.6 is 0 Å². The zero-order chi connectivity index (χ0) is 9.80. The molecule has 0 saturated heterocycles. The Morgan fingerprint density at radius 2 is 2.14 bits per heavy atom. The predicted molar refractivity (Wildman–Crippen MR) is 52.8 cm³/mol. The van der Waals surface area contributed by atoms with Gasteiger partial charge in [0.2, 0.25) is 5.95 Å². The van der Waals surface area contributed by atoms with E-state index in [2.05, 4.69) is 15.3 Å². The number of furan rings is 1. The van der Waals surface area contributed by atoms with Gasteiger partial charge in [0.1, 0.15) is 0 Å². The van der Waals surface area contributed by atoms with Crippen molar-refractivity contribution in [3.63, 3.8) is 0 Å². The molecular weight excluding hydrogens is 178 g/mol. The fourth-order valence-corrected chi connectivity index (χ4v) is 1.17. The van der Waals surface area contributed by atoms with Crippen molar-refractivity contribution < 1.29 is 4.42 Å². The van der Waals surface area contributed by atoms with Gasteiger partial charge in [-0.3, -0.25) is 0 Å². The molecule has 14 heavy (non-hydrogen) atoms. The van der Waals surface area contributed by atoms with Gasteiger partial charge in [-0.25, -0.2) is 9.97 Å². The van der Waals surface area contributed by atoms with Crippen LogP contribution in [0.1, 0.15) is 18.5 Å². The standard InChI is InChI=1S/C10H11N3O/c1-8(9-3-6-14-7-9)13-10-11-4-2-5-12-10/h2-8H,1H3,(H,11,12,13). The number of rotatable bonds is 3. The summed E-state index contributed by atoms with van der Waals surface area (Å²) in [6, 6.07) is 3.85. The quantitative estimate of drug-likeness (QED) is 0.804. The Morgan fingerprint density at radius 3 is 2.79 bits per heavy atom. The van der Waals surface area contributed by atoms with Gasteiger partial charge in [0, 0.05) is 18.0 Å². The Kier molecular flexibility index (Phi) is 2.44. The first-order valence-corrected chi connectivity index (χ1v) is 4.42. The molecule has 2 aromatic heterocycles. The van der Waals surface area contributed by atoms with Gasteiger partial charge in [0.05, 0.1) is 18.6 Å². The first-order valence-electron chi connectivity index (χ1n) is 4.42. The van der Waals surface area contributed by atoms with Crippen LogP contribution in [0.4, 0.5) is 5.95 Å². The highest BCUT2D eigenvalue weighted by molar-refractivity contribution is 5.28. The monoisotopic (exact) mass is 189 g/mol. The molecule has 4 nitrogen and oxygen atoms in total. The fourth-order valence-electron chi connectivity index (χ4n) is 1.17. The van der Waals surface area contributed by atoms with E-state index in [1.807, 2.05) is 13.0 Å². The number of anilines is 1. The van der Waals surface area contributed by atoms with Crippen LogP contribution in [0.5, 0.6) is 0 Å². The zero-order valence-corrected chi connectivity index (χ0v) is 7.84. The third-order valence-corrected chi connectivity index (χ3v) is 1.95. The molecule has 4 heteroatoms. The first kappa shape index (κ1) is 8.74. The van der Waals surface area contributed by atoms with Crippen molar-refractivity contribution in [2.45, 2.75) is 13.0 Å². The summed E-state index contributed by atoms with van der Waals surface area (Å²) in [5.74, 6) is 0.626. The van der Waals surface area contributed by atoms with Crippen LogP contribution in [-0.2, 0) is 0 Å². The Bertz CT molecular complexity index is 372. The van der Waals surface area contributed by atoms with Crippen molar-refractivity contribution in [1.82, 2.24) is 9.97 Å². The number of hydrogen-bond acceptors (Lipinski definition) is 4. The summed E-state index contributed by atoms with van der Waals surface area (Å²) in [7, 11) is 0. The van der Waals surface area contributed by atoms with E-state index in [-0.39, 0.29) is 6.04 Å². The second-order valence-electron chi connectivity index (χ2n) is 3.00. The Hall–Kier alpha value is -1.84. The molecule has 2 aromatic rings. The third kappa shape index (κ3) is 1.90. The summed E-state index contributed by atoms with van der Waals surface area (Å²) >= 11 is 0. The second-order valence-corrected chi connectivity index (χ2v) is 3.00. The molecule has 2 heterocycles. The van der Waals surface area contributed by atoms with E-state index in [0.717, 1.165) is 5.56 Å². The fraction of sp³-hybridized carbons (Fsp3) is 0.200. The lowest BCUT2D eigenvalue weighted by Crippen LogP contribution is -2.07. The molecule has 0 bridgehead atoms. The van der Waals surface area contributed by atoms with Gasteiger partial charge in [0.25, 0.3) is 0 Å². The van der Waals surface area contributed by atoms with E-state index in [1.54, 1.807) is 31.0 Å². The molecule has 1 N–H and O–H groups in total. The van der Waals surface area contributed by atoms with Crippen LogP contribution in [0.15, 0.2) is 41.5 Å². The van der Waals surface area contributed by atoms with E-state index in [9.17, 15) is 0 Å². The van der Waals surface area contributed by atoms with Gasteiger partial charge < -0.3 is 9.73 Å². The maximum absolute atomic E-state index is 4.99. The van der Waals surface area contributed by atoms with Gasteiger partial charge in [-0.15, -0.1) is 0 Å². The van der Waals surface area contributed by atoms with Crippen molar-refractivity contribution in [3.8, 4) is 0 Å². The molecule has 2 rings (SSSR count). The molecule has 0 aliphatic carbocycles. The molecule has 0 fully saturated rings. The minimum atomic E-state index is 0.149. The summed E-state index contributed by atoms with van der Waals surface area (Å²) in [5, 5.41) is 3.16. The highest BCUT2D eigenvalue weighted by Gasteiger charge is 2.06. The van der Waals surface area contributed by atoms with E-state index in [0.29, 0.717) is 5.95 Å². The van der Waals surface area contributed by atoms with Crippen molar-refractivity contribution in [3.05, 3.63) is 42.6 Å². The molecule has 0 amide bonds. The molecule has 1 unspecified atom stereocenters. The Balaban J connectivity index is 2.06. The minimum absolute atomic E-state index is 0.149. The maximum atomic E-state index is 4.99. The average Bonchev–Trinajstić information content (AvgIpc) is 2.72. The smallest absolute Gasteiger partial charge is 0.223 e. The van der Waals surface area contributed by atoms with Gasteiger partial charge >= 0.3 is 0 Å². The Morgan fingerprint density at radius 1 is 1.36 bits per heavy atom. The van der Waals surface area contributed by atoms with E-state index in [1.165, 1.54) is 0 Å². The number of hydrogen-bond donors (Lipinski definition) is 1. The molecule has 1 atom stereocenters. The topological polar surface area (TPSA) is 51.0 Å². The lowest BCUT2D eigenvalue weighted by atomic mass is 10.2. The normalized spacial score (nSPS) is 12.4. The number of nitrogens with one attached hydrogen (secondary N) is 1. The molecule has 0 aliphatic heterocycles. The van der Waals surface area contributed by atoms with Gasteiger partial charge in [-0.1, -0.05) is 0 Å². The highest BCUT2D eigenvalue weighted by Crippen LogP contribution is 2.15. The first-order chi connectivity index (χ1) is 6.86. The summed E-state index contributed by atoms with van der Waals surface area (Å²) in [6.07, 6.45) is 6.77. The molecule has 72 valence electrons. The largest absolute Gasteiger partial charge is 0.472 e. The van der Waals surface area contributed by atoms with Crippen LogP contribution in [0.2, 0.25) is 0 Å². The highest BCUT2D eigenvalue weighted by atomic mass is 16.3. The molecule has 0 spiro atoms. The van der Waals surface area contributed by atoms with Crippen LogP contribution in [0.25, 0.3) is 0 Å². The molecule has 0 aromatic carbocycles. The van der Waals surface area contributed by atoms with Crippen LogP contribution in [0.3, 0.4) is 0 Å². The van der Waals surface area contributed by atoms with Crippen LogP contribution < -0.4 is 5.32 Å². The van der Waals surface area contributed by atoms with Gasteiger partial charge in [-0.05, 0) is 19.1 Å². The van der Waals surface area contributed by atoms with E-state index in [4.69, 9.17) is 4.42 Å². The molecule has 0 aliphatic rings. The summed E-state index contributed by atoms with van der Waals surface area (Å²) in [4.78, 5) is 8.15. The van der Waals surface area contributed by atoms with Crippen molar-refractivity contribution >= 4 is 5.95 Å². The van der Waals surface area contributed by atoms with Crippen molar-refractivity contribution in [2.75, 3.05) is 5.32 Å². The van der Waals surface area contributed by atoms with Crippen molar-refractivity contribution in [1.29, 1.82) is 0 Å². The van der Waals surface area contributed by atoms with Crippen LogP contribution in [0, 0.1) is 0 Å². The van der Waals surface area contributed by atoms with E-state index < -0.39 is 0 Å². The summed E-state index contributed by atoms with van der Waals surface area (Å²) in [6.45, 7) is 2.03. The SMILES string of the molecule is CC(Nc1ncccn1)c1ccoc1. The van der Waals surface area contributed by atoms with Gasteiger partial charge in [-0.2, -0.15) is 0 Å². The van der Waals surface area contributed by atoms with E-state index >= 15 is 0 Å². The summed E-state index contributed by atoms with van der Waals surface area (Å²) < 4.78 is 4.99.